The van der Waals surface area contributed by atoms with Gasteiger partial charge in [-0.25, -0.2) is 4.79 Å². The van der Waals surface area contributed by atoms with Crippen molar-refractivity contribution in [1.29, 1.82) is 5.26 Å². The van der Waals surface area contributed by atoms with Crippen molar-refractivity contribution < 1.29 is 23.9 Å². The lowest BCUT2D eigenvalue weighted by atomic mass is 10.1. The molecular weight excluding hydrogens is 354 g/mol. The van der Waals surface area contributed by atoms with E-state index in [4.69, 9.17) is 19.9 Å². The normalized spacial score (nSPS) is 13.3. The first-order valence-electron chi connectivity index (χ1n) is 8.21. The highest BCUT2D eigenvalue weighted by atomic mass is 32.1. The van der Waals surface area contributed by atoms with Gasteiger partial charge in [-0.05, 0) is 25.1 Å². The summed E-state index contributed by atoms with van der Waals surface area (Å²) in [4.78, 5) is 13.7. The van der Waals surface area contributed by atoms with Crippen molar-refractivity contribution in [2.45, 2.75) is 20.0 Å². The molecule has 0 amide bonds. The number of carbonyl (C=O) groups excluding carboxylic acids is 1. The van der Waals surface area contributed by atoms with E-state index in [-0.39, 0.29) is 13.4 Å². The summed E-state index contributed by atoms with van der Waals surface area (Å²) >= 11 is 1.11. The van der Waals surface area contributed by atoms with Crippen molar-refractivity contribution in [1.82, 2.24) is 0 Å². The average molecular weight is 374 g/mol. The number of nitrogens with one attached hydrogen (secondary N) is 1. The van der Waals surface area contributed by atoms with Crippen molar-refractivity contribution in [3.05, 3.63) is 39.8 Å². The van der Waals surface area contributed by atoms with Gasteiger partial charge < -0.3 is 24.8 Å². The molecule has 3 N–H and O–H groups in total. The molecule has 0 spiro atoms. The molecule has 2 aromatic rings. The molecule has 7 nitrogen and oxygen atoms in total. The topological polar surface area (TPSA) is 99.0 Å². The Kier molecular flexibility index (Phi) is 5.30. The van der Waals surface area contributed by atoms with Crippen LogP contribution >= 0.6 is 11.3 Å². The van der Waals surface area contributed by atoms with E-state index in [0.717, 1.165) is 33.3 Å². The first kappa shape index (κ1) is 18.0. The van der Waals surface area contributed by atoms with Crippen LogP contribution in [-0.4, -0.2) is 26.4 Å². The van der Waals surface area contributed by atoms with Crippen LogP contribution in [0.2, 0.25) is 0 Å². The molecule has 0 bridgehead atoms. The van der Waals surface area contributed by atoms with Gasteiger partial charge in [0.2, 0.25) is 6.79 Å². The van der Waals surface area contributed by atoms with Gasteiger partial charge in [0, 0.05) is 5.56 Å². The molecule has 0 saturated carbocycles. The zero-order valence-corrected chi connectivity index (χ0v) is 15.4. The van der Waals surface area contributed by atoms with E-state index in [1.807, 2.05) is 25.2 Å². The lowest BCUT2D eigenvalue weighted by Gasteiger charge is -2.15. The second kappa shape index (κ2) is 7.64. The largest absolute Gasteiger partial charge is 0.462 e. The van der Waals surface area contributed by atoms with E-state index in [2.05, 4.69) is 6.07 Å². The Balaban J connectivity index is 1.79. The van der Waals surface area contributed by atoms with Crippen LogP contribution in [0, 0.1) is 11.3 Å². The number of quaternary nitrogens is 1. The first-order chi connectivity index (χ1) is 12.5. The van der Waals surface area contributed by atoms with Crippen LogP contribution in [0.3, 0.4) is 0 Å². The van der Waals surface area contributed by atoms with Gasteiger partial charge in [0.1, 0.15) is 29.0 Å². The number of fused-ring (bicyclic) bond motifs is 1. The second-order valence-corrected chi connectivity index (χ2v) is 7.03. The molecule has 2 heterocycles. The summed E-state index contributed by atoms with van der Waals surface area (Å²) in [5.41, 5.74) is 8.01. The minimum Gasteiger partial charge on any atom is -0.462 e. The summed E-state index contributed by atoms with van der Waals surface area (Å²) in [5.74, 6) is 1.05. The number of nitrogens with two attached hydrogens (primary N) is 1. The van der Waals surface area contributed by atoms with Crippen LogP contribution in [0.15, 0.2) is 18.2 Å². The van der Waals surface area contributed by atoms with Crippen LogP contribution < -0.4 is 20.1 Å². The quantitative estimate of drug-likeness (QED) is 0.740. The summed E-state index contributed by atoms with van der Waals surface area (Å²) in [7, 11) is 1.99. The fraction of sp³-hybridized carbons (Fsp3) is 0.333. The predicted molar refractivity (Wildman–Crippen MR) is 96.3 cm³/mol. The maximum absolute atomic E-state index is 12.2. The average Bonchev–Trinajstić information content (AvgIpc) is 3.18. The van der Waals surface area contributed by atoms with Crippen LogP contribution in [0.5, 0.6) is 11.5 Å². The number of benzene rings is 1. The molecule has 3 rings (SSSR count). The van der Waals surface area contributed by atoms with E-state index in [9.17, 15) is 10.1 Å². The van der Waals surface area contributed by atoms with Gasteiger partial charge in [-0.2, -0.15) is 5.26 Å². The number of hydrogen-bond donors (Lipinski definition) is 2. The fourth-order valence-corrected chi connectivity index (χ4v) is 3.83. The summed E-state index contributed by atoms with van der Waals surface area (Å²) in [6.45, 7) is 3.44. The molecule has 0 aliphatic carbocycles. The van der Waals surface area contributed by atoms with Crippen LogP contribution in [0.1, 0.15) is 33.3 Å². The van der Waals surface area contributed by atoms with E-state index < -0.39 is 5.97 Å². The van der Waals surface area contributed by atoms with Crippen molar-refractivity contribution in [2.24, 2.45) is 0 Å². The highest BCUT2D eigenvalue weighted by Gasteiger charge is 2.25. The minimum atomic E-state index is -0.434. The van der Waals surface area contributed by atoms with Crippen molar-refractivity contribution in [3.63, 3.8) is 0 Å². The van der Waals surface area contributed by atoms with Crippen LogP contribution in [0.25, 0.3) is 0 Å². The molecule has 0 radical (unpaired) electrons. The molecule has 1 aliphatic rings. The Morgan fingerprint density at radius 3 is 2.88 bits per heavy atom. The van der Waals surface area contributed by atoms with Crippen LogP contribution in [-0.2, 0) is 17.8 Å². The van der Waals surface area contributed by atoms with Gasteiger partial charge >= 0.3 is 5.97 Å². The SMILES string of the molecule is CCOC(=O)c1sc(N)c(C#N)c1C[NH+](C)Cc1ccc2c(c1)OCO2. The fourth-order valence-electron chi connectivity index (χ4n) is 2.90. The number of nitrogen functional groups attached to an aromatic ring is 1. The Morgan fingerprint density at radius 2 is 2.15 bits per heavy atom. The zero-order chi connectivity index (χ0) is 18.7. The van der Waals surface area contributed by atoms with Crippen molar-refractivity contribution in [3.8, 4) is 17.6 Å². The number of thiophene rings is 1. The highest BCUT2D eigenvalue weighted by Crippen LogP contribution is 2.33. The van der Waals surface area contributed by atoms with E-state index in [0.29, 0.717) is 34.1 Å². The maximum atomic E-state index is 12.2. The molecule has 1 aromatic carbocycles. The molecule has 26 heavy (non-hydrogen) atoms. The van der Waals surface area contributed by atoms with Gasteiger partial charge in [0.25, 0.3) is 0 Å². The summed E-state index contributed by atoms with van der Waals surface area (Å²) < 4.78 is 15.8. The Labute approximate surface area is 155 Å². The Morgan fingerprint density at radius 1 is 1.38 bits per heavy atom. The van der Waals surface area contributed by atoms with Gasteiger partial charge in [-0.3, -0.25) is 0 Å². The number of anilines is 1. The number of nitrogens with zero attached hydrogens (tertiary/aromatic N) is 1. The monoisotopic (exact) mass is 374 g/mol. The summed E-state index contributed by atoms with van der Waals surface area (Å²) in [6, 6.07) is 7.93. The van der Waals surface area contributed by atoms with Crippen LogP contribution in [0.4, 0.5) is 5.00 Å². The molecule has 1 aliphatic heterocycles. The number of esters is 1. The highest BCUT2D eigenvalue weighted by molar-refractivity contribution is 7.18. The smallest absolute Gasteiger partial charge is 0.348 e. The number of carbonyl (C=O) groups is 1. The zero-order valence-electron chi connectivity index (χ0n) is 14.6. The standard InChI is InChI=1S/C18H19N3O4S/c1-3-23-18(22)16-13(12(7-19)17(20)26-16)9-21(2)8-11-4-5-14-15(6-11)25-10-24-14/h4-6H,3,8-10,20H2,1-2H3/p+1. The van der Waals surface area contributed by atoms with E-state index in [1.165, 1.54) is 0 Å². The third kappa shape index (κ3) is 3.59. The third-order valence-corrected chi connectivity index (χ3v) is 5.07. The molecule has 0 fully saturated rings. The third-order valence-electron chi connectivity index (χ3n) is 4.03. The molecule has 0 saturated heterocycles. The van der Waals surface area contributed by atoms with Gasteiger partial charge in [-0.1, -0.05) is 0 Å². The molecule has 1 aromatic heterocycles. The van der Waals surface area contributed by atoms with Crippen molar-refractivity contribution in [2.75, 3.05) is 26.2 Å². The van der Waals surface area contributed by atoms with Gasteiger partial charge in [0.15, 0.2) is 11.5 Å². The molecule has 8 heteroatoms. The summed E-state index contributed by atoms with van der Waals surface area (Å²) in [5, 5.41) is 9.77. The number of rotatable bonds is 6. The number of ether oxygens (including phenoxy) is 3. The maximum Gasteiger partial charge on any atom is 0.348 e. The van der Waals surface area contributed by atoms with Gasteiger partial charge in [-0.15, -0.1) is 11.3 Å². The van der Waals surface area contributed by atoms with E-state index in [1.54, 1.807) is 6.92 Å². The lowest BCUT2D eigenvalue weighted by molar-refractivity contribution is -0.907. The van der Waals surface area contributed by atoms with Gasteiger partial charge in [0.05, 0.1) is 24.8 Å². The predicted octanol–water partition coefficient (Wildman–Crippen LogP) is 1.32. The molecular formula is C18H20N3O4S+. The van der Waals surface area contributed by atoms with E-state index >= 15 is 0 Å². The second-order valence-electron chi connectivity index (χ2n) is 5.98. The first-order valence-corrected chi connectivity index (χ1v) is 9.03. The Hall–Kier alpha value is -2.76. The molecule has 136 valence electrons. The molecule has 1 atom stereocenters. The molecule has 1 unspecified atom stereocenters. The van der Waals surface area contributed by atoms with Crippen molar-refractivity contribution >= 4 is 22.3 Å². The number of nitriles is 1. The Bertz CT molecular complexity index is 872. The minimum absolute atomic E-state index is 0.240. The number of hydrogen-bond acceptors (Lipinski definition) is 7. The lowest BCUT2D eigenvalue weighted by Crippen LogP contribution is -3.06. The summed E-state index contributed by atoms with van der Waals surface area (Å²) in [6.07, 6.45) is 0.